The quantitative estimate of drug-likeness (QED) is 0.533. The summed E-state index contributed by atoms with van der Waals surface area (Å²) >= 11 is 5.77. The highest BCUT2D eigenvalue weighted by atomic mass is 35.5. The average molecular weight is 151 g/mol. The molecule has 0 spiro atoms. The minimum absolute atomic E-state index is 0.822. The number of rotatable bonds is 0. The molecule has 0 heterocycles. The Morgan fingerprint density at radius 3 is 2.70 bits per heavy atom. The van der Waals surface area contributed by atoms with Crippen LogP contribution in [0.25, 0.3) is 11.6 Å². The Bertz CT molecular complexity index is 311. The molecule has 1 aliphatic carbocycles. The largest absolute Gasteiger partial charge is 0.0843 e. The van der Waals surface area contributed by atoms with Gasteiger partial charge in [0.05, 0.1) is 0 Å². The summed E-state index contributed by atoms with van der Waals surface area (Å²) in [6.07, 6.45) is 2.14. The van der Waals surface area contributed by atoms with Gasteiger partial charge in [-0.1, -0.05) is 23.7 Å². The van der Waals surface area contributed by atoms with E-state index in [4.69, 9.17) is 11.6 Å². The fourth-order valence-corrected chi connectivity index (χ4v) is 1.43. The summed E-state index contributed by atoms with van der Waals surface area (Å²) in [6, 6.07) is 5.98. The van der Waals surface area contributed by atoms with Crippen molar-refractivity contribution >= 4 is 23.3 Å². The van der Waals surface area contributed by atoms with Crippen LogP contribution in [0.15, 0.2) is 18.2 Å². The van der Waals surface area contributed by atoms with E-state index < -0.39 is 0 Å². The maximum atomic E-state index is 5.77. The molecule has 0 radical (unpaired) electrons. The van der Waals surface area contributed by atoms with Gasteiger partial charge in [-0.25, -0.2) is 0 Å². The van der Waals surface area contributed by atoms with Crippen LogP contribution in [0.5, 0.6) is 0 Å². The summed E-state index contributed by atoms with van der Waals surface area (Å²) < 4.78 is 0. The van der Waals surface area contributed by atoms with Gasteiger partial charge in [-0.05, 0) is 35.8 Å². The lowest BCUT2D eigenvalue weighted by Crippen LogP contribution is -1.94. The van der Waals surface area contributed by atoms with Crippen LogP contribution < -0.4 is 0 Å². The molecule has 0 bridgehead atoms. The maximum absolute atomic E-state index is 5.77. The first-order chi connectivity index (χ1) is 4.77. The molecule has 1 aliphatic rings. The number of halogens is 1. The van der Waals surface area contributed by atoms with Crippen molar-refractivity contribution in [3.63, 3.8) is 0 Å². The number of allylic oxidation sites excluding steroid dienone is 1. The van der Waals surface area contributed by atoms with E-state index in [0.717, 1.165) is 5.02 Å². The van der Waals surface area contributed by atoms with E-state index in [1.165, 1.54) is 16.7 Å². The third-order valence-electron chi connectivity index (χ3n) is 1.81. The molecule has 1 aromatic carbocycles. The zero-order chi connectivity index (χ0) is 7.14. The summed E-state index contributed by atoms with van der Waals surface area (Å²) in [4.78, 5) is 0. The highest BCUT2D eigenvalue weighted by Crippen LogP contribution is 2.33. The Morgan fingerprint density at radius 2 is 2.10 bits per heavy atom. The van der Waals surface area contributed by atoms with Crippen molar-refractivity contribution in [2.75, 3.05) is 0 Å². The van der Waals surface area contributed by atoms with Crippen LogP contribution in [0.1, 0.15) is 18.1 Å². The van der Waals surface area contributed by atoms with Gasteiger partial charge < -0.3 is 0 Å². The normalized spacial score (nSPS) is 13.6. The van der Waals surface area contributed by atoms with Crippen LogP contribution >= 0.6 is 11.6 Å². The van der Waals surface area contributed by atoms with Crippen LogP contribution in [0.2, 0.25) is 5.02 Å². The summed E-state index contributed by atoms with van der Waals surface area (Å²) in [6.45, 7) is 2.11. The van der Waals surface area contributed by atoms with Gasteiger partial charge in [-0.3, -0.25) is 0 Å². The van der Waals surface area contributed by atoms with E-state index in [1.54, 1.807) is 0 Å². The van der Waals surface area contributed by atoms with Gasteiger partial charge in [0, 0.05) is 5.02 Å². The summed E-state index contributed by atoms with van der Waals surface area (Å²) in [5.41, 5.74) is 3.96. The van der Waals surface area contributed by atoms with Gasteiger partial charge in [0.15, 0.2) is 0 Å². The van der Waals surface area contributed by atoms with Gasteiger partial charge in [0.1, 0.15) is 0 Å². The van der Waals surface area contributed by atoms with Crippen molar-refractivity contribution < 1.29 is 0 Å². The zero-order valence-electron chi connectivity index (χ0n) is 5.69. The Hall–Kier alpha value is -0.750. The van der Waals surface area contributed by atoms with Crippen LogP contribution in [-0.2, 0) is 0 Å². The Morgan fingerprint density at radius 1 is 1.30 bits per heavy atom. The third-order valence-corrected chi connectivity index (χ3v) is 2.05. The van der Waals surface area contributed by atoms with Crippen molar-refractivity contribution in [1.29, 1.82) is 0 Å². The zero-order valence-corrected chi connectivity index (χ0v) is 6.44. The summed E-state index contributed by atoms with van der Waals surface area (Å²) in [5.74, 6) is 0. The molecule has 1 heteroatoms. The van der Waals surface area contributed by atoms with Crippen LogP contribution in [0.4, 0.5) is 0 Å². The average Bonchev–Trinajstić information content (AvgIpc) is 1.86. The van der Waals surface area contributed by atoms with Gasteiger partial charge in [-0.15, -0.1) is 0 Å². The lowest BCUT2D eigenvalue weighted by atomic mass is 9.90. The smallest absolute Gasteiger partial charge is 0.0412 e. The predicted octanol–water partition coefficient (Wildman–Crippen LogP) is 3.21. The number of fused-ring (bicyclic) bond motifs is 1. The molecule has 0 nitrogen and oxygen atoms in total. The monoisotopic (exact) mass is 150 g/mol. The van der Waals surface area contributed by atoms with Crippen molar-refractivity contribution in [3.05, 3.63) is 34.3 Å². The molecular weight excluding hydrogens is 144 g/mol. The van der Waals surface area contributed by atoms with E-state index in [2.05, 4.69) is 19.1 Å². The minimum Gasteiger partial charge on any atom is -0.0843 e. The first-order valence-corrected chi connectivity index (χ1v) is 3.63. The fraction of sp³-hybridized carbons (Fsp3) is 0.111. The SMILES string of the molecule is CC1=Cc2cc(Cl)ccc21. The molecule has 0 saturated heterocycles. The molecule has 0 atom stereocenters. The van der Waals surface area contributed by atoms with E-state index in [1.807, 2.05) is 12.1 Å². The fourth-order valence-electron chi connectivity index (χ4n) is 1.25. The van der Waals surface area contributed by atoms with Crippen LogP contribution in [0.3, 0.4) is 0 Å². The molecule has 0 fully saturated rings. The first-order valence-electron chi connectivity index (χ1n) is 3.25. The number of hydrogen-bond acceptors (Lipinski definition) is 0. The van der Waals surface area contributed by atoms with Crippen molar-refractivity contribution in [2.24, 2.45) is 0 Å². The second kappa shape index (κ2) is 1.86. The standard InChI is InChI=1S/C9H7Cl/c1-6-4-7-5-8(10)2-3-9(6)7/h2-5H,1H3. The van der Waals surface area contributed by atoms with E-state index in [0.29, 0.717) is 0 Å². The molecule has 0 unspecified atom stereocenters. The topological polar surface area (TPSA) is 0 Å². The Kier molecular flexibility index (Phi) is 1.12. The molecule has 0 amide bonds. The van der Waals surface area contributed by atoms with Gasteiger partial charge in [0.25, 0.3) is 0 Å². The van der Waals surface area contributed by atoms with E-state index in [-0.39, 0.29) is 0 Å². The van der Waals surface area contributed by atoms with Crippen molar-refractivity contribution in [1.82, 2.24) is 0 Å². The predicted molar refractivity (Wildman–Crippen MR) is 45.0 cm³/mol. The van der Waals surface area contributed by atoms with Crippen molar-refractivity contribution in [2.45, 2.75) is 6.92 Å². The Labute approximate surface area is 65.1 Å². The van der Waals surface area contributed by atoms with Gasteiger partial charge in [-0.2, -0.15) is 0 Å². The molecular formula is C9H7Cl. The van der Waals surface area contributed by atoms with Gasteiger partial charge >= 0.3 is 0 Å². The molecule has 0 aliphatic heterocycles. The second-order valence-corrected chi connectivity index (χ2v) is 3.00. The van der Waals surface area contributed by atoms with Crippen LogP contribution in [-0.4, -0.2) is 0 Å². The molecule has 0 saturated carbocycles. The molecule has 1 aromatic rings. The third kappa shape index (κ3) is 0.691. The number of benzene rings is 1. The number of hydrogen-bond donors (Lipinski definition) is 0. The van der Waals surface area contributed by atoms with Crippen molar-refractivity contribution in [3.8, 4) is 0 Å². The molecule has 0 aromatic heterocycles. The first kappa shape index (κ1) is 5.99. The summed E-state index contributed by atoms with van der Waals surface area (Å²) in [7, 11) is 0. The lowest BCUT2D eigenvalue weighted by molar-refractivity contribution is 1.49. The minimum atomic E-state index is 0.822. The van der Waals surface area contributed by atoms with E-state index in [9.17, 15) is 0 Å². The van der Waals surface area contributed by atoms with Crippen LogP contribution in [0, 0.1) is 0 Å². The molecule has 10 heavy (non-hydrogen) atoms. The highest BCUT2D eigenvalue weighted by Gasteiger charge is 2.10. The lowest BCUT2D eigenvalue weighted by Gasteiger charge is -2.15. The molecule has 0 N–H and O–H groups in total. The summed E-state index contributed by atoms with van der Waals surface area (Å²) in [5, 5.41) is 0.822. The molecule has 50 valence electrons. The molecule has 2 rings (SSSR count). The van der Waals surface area contributed by atoms with E-state index >= 15 is 0 Å². The Balaban J connectivity index is 2.57. The second-order valence-electron chi connectivity index (χ2n) is 2.56. The maximum Gasteiger partial charge on any atom is 0.0412 e. The highest BCUT2D eigenvalue weighted by molar-refractivity contribution is 6.31. The van der Waals surface area contributed by atoms with Gasteiger partial charge in [0.2, 0.25) is 0 Å².